The van der Waals surface area contributed by atoms with E-state index in [1.54, 1.807) is 12.1 Å². The maximum Gasteiger partial charge on any atom is 0.254 e. The number of rotatable bonds is 7. The highest BCUT2D eigenvalue weighted by atomic mass is 35.5. The van der Waals surface area contributed by atoms with Crippen molar-refractivity contribution in [2.75, 3.05) is 32.7 Å². The first-order chi connectivity index (χ1) is 21.6. The lowest BCUT2D eigenvalue weighted by molar-refractivity contribution is -0.143. The van der Waals surface area contributed by atoms with Crippen LogP contribution < -0.4 is 21.7 Å². The minimum atomic E-state index is -1.02. The molecule has 4 rings (SSSR count). The third-order valence-electron chi connectivity index (χ3n) is 8.51. The minimum absolute atomic E-state index is 0. The summed E-state index contributed by atoms with van der Waals surface area (Å²) >= 11 is 0. The zero-order valence-corrected chi connectivity index (χ0v) is 27.1. The smallest absolute Gasteiger partial charge is 0.254 e. The fourth-order valence-electron chi connectivity index (χ4n) is 5.74. The molecule has 0 radical (unpaired) electrons. The summed E-state index contributed by atoms with van der Waals surface area (Å²) < 4.78 is 0. The lowest BCUT2D eigenvalue weighted by atomic mass is 9.97. The first kappa shape index (κ1) is 36.5. The second-order valence-corrected chi connectivity index (χ2v) is 11.8. The second kappa shape index (κ2) is 17.1. The molecule has 2 aromatic carbocycles. The number of nitrogens with zero attached hydrogens (tertiary/aromatic N) is 2. The molecule has 6 N–H and O–H groups in total. The predicted molar refractivity (Wildman–Crippen MR) is 175 cm³/mol. The molecule has 2 aliphatic heterocycles. The van der Waals surface area contributed by atoms with Gasteiger partial charge in [0.05, 0.1) is 12.6 Å². The van der Waals surface area contributed by atoms with Crippen molar-refractivity contribution in [3.05, 3.63) is 71.3 Å². The summed E-state index contributed by atoms with van der Waals surface area (Å²) in [5.74, 6) is -2.79. The summed E-state index contributed by atoms with van der Waals surface area (Å²) in [4.78, 5) is 70.6. The molecule has 0 spiro atoms. The first-order valence-electron chi connectivity index (χ1n) is 15.6. The Balaban J connectivity index is 0.00000576. The lowest BCUT2D eigenvalue weighted by Gasteiger charge is -2.32. The number of amides is 5. The van der Waals surface area contributed by atoms with E-state index in [1.807, 2.05) is 56.3 Å². The Morgan fingerprint density at radius 2 is 1.70 bits per heavy atom. The van der Waals surface area contributed by atoms with Gasteiger partial charge in [-0.25, -0.2) is 0 Å². The van der Waals surface area contributed by atoms with Gasteiger partial charge in [0.1, 0.15) is 18.1 Å². The van der Waals surface area contributed by atoms with Gasteiger partial charge < -0.3 is 36.6 Å². The molecule has 13 heteroatoms. The highest BCUT2D eigenvalue weighted by Gasteiger charge is 2.43. The Labute approximate surface area is 275 Å². The molecule has 5 atom stereocenters. The van der Waals surface area contributed by atoms with Crippen LogP contribution in [0.4, 0.5) is 0 Å². The lowest BCUT2D eigenvalue weighted by Crippen LogP contribution is -2.58. The van der Waals surface area contributed by atoms with E-state index in [0.717, 1.165) is 11.1 Å². The van der Waals surface area contributed by atoms with E-state index in [0.29, 0.717) is 24.9 Å². The topological polar surface area (TPSA) is 174 Å². The number of aliphatic hydroxyl groups is 1. The van der Waals surface area contributed by atoms with Crippen LogP contribution in [0.1, 0.15) is 48.2 Å². The fourth-order valence-corrected chi connectivity index (χ4v) is 5.74. The average molecular weight is 657 g/mol. The first-order valence-corrected chi connectivity index (χ1v) is 15.6. The largest absolute Gasteiger partial charge is 0.391 e. The fraction of sp³-hybridized carbons (Fsp3) is 0.485. The summed E-state index contributed by atoms with van der Waals surface area (Å²) in [6.45, 7) is 3.78. The van der Waals surface area contributed by atoms with Gasteiger partial charge in [0, 0.05) is 38.0 Å². The molecule has 0 unspecified atom stereocenters. The SMILES string of the molecule is CC[C@H](C)[C@@H]1NC(=O)CN(C(=O)c2ccc(CCN)cc2)CCNC(=O)[C@H](Cc2ccccc2)NC(=O)[C@@H]2C[C@@H](O)CN2C1=O.Cl. The van der Waals surface area contributed by atoms with Gasteiger partial charge in [-0.1, -0.05) is 62.7 Å². The van der Waals surface area contributed by atoms with E-state index in [2.05, 4.69) is 16.0 Å². The molecule has 2 heterocycles. The number of benzene rings is 2. The monoisotopic (exact) mass is 656 g/mol. The number of halogens is 1. The van der Waals surface area contributed by atoms with Crippen LogP contribution in [-0.2, 0) is 32.0 Å². The number of carbonyl (C=O) groups is 5. The molecule has 0 saturated carbocycles. The van der Waals surface area contributed by atoms with E-state index < -0.39 is 53.8 Å². The van der Waals surface area contributed by atoms with Crippen molar-refractivity contribution in [1.82, 2.24) is 25.8 Å². The van der Waals surface area contributed by atoms with Gasteiger partial charge in [-0.3, -0.25) is 24.0 Å². The van der Waals surface area contributed by atoms with Crippen LogP contribution in [0.5, 0.6) is 0 Å². The molecule has 12 nitrogen and oxygen atoms in total. The van der Waals surface area contributed by atoms with Gasteiger partial charge in [-0.2, -0.15) is 0 Å². The molecule has 2 fully saturated rings. The summed E-state index contributed by atoms with van der Waals surface area (Å²) in [6.07, 6.45) is 0.467. The van der Waals surface area contributed by atoms with Gasteiger partial charge in [0.2, 0.25) is 23.6 Å². The van der Waals surface area contributed by atoms with E-state index in [9.17, 15) is 29.1 Å². The number of nitrogens with two attached hydrogens (primary N) is 1. The Bertz CT molecular complexity index is 1360. The van der Waals surface area contributed by atoms with Crippen LogP contribution >= 0.6 is 12.4 Å². The van der Waals surface area contributed by atoms with Crippen molar-refractivity contribution < 1.29 is 29.1 Å². The third-order valence-corrected chi connectivity index (χ3v) is 8.51. The molecular weight excluding hydrogens is 612 g/mol. The van der Waals surface area contributed by atoms with Crippen molar-refractivity contribution >= 4 is 41.9 Å². The Morgan fingerprint density at radius 1 is 1.00 bits per heavy atom. The van der Waals surface area contributed by atoms with Gasteiger partial charge in [-0.15, -0.1) is 12.4 Å². The zero-order valence-electron chi connectivity index (χ0n) is 26.3. The van der Waals surface area contributed by atoms with E-state index in [-0.39, 0.29) is 57.3 Å². The molecule has 2 aromatic rings. The Hall–Kier alpha value is -4.00. The highest BCUT2D eigenvalue weighted by Crippen LogP contribution is 2.23. The molecule has 2 saturated heterocycles. The Kier molecular flexibility index (Phi) is 13.5. The van der Waals surface area contributed by atoms with Crippen molar-refractivity contribution in [2.45, 2.75) is 63.8 Å². The molecule has 46 heavy (non-hydrogen) atoms. The van der Waals surface area contributed by atoms with Crippen LogP contribution in [0.15, 0.2) is 54.6 Å². The number of aliphatic hydroxyl groups excluding tert-OH is 1. The maximum absolute atomic E-state index is 13.9. The summed E-state index contributed by atoms with van der Waals surface area (Å²) in [5.41, 5.74) is 7.80. The highest BCUT2D eigenvalue weighted by molar-refractivity contribution is 5.98. The minimum Gasteiger partial charge on any atom is -0.391 e. The van der Waals surface area contributed by atoms with Gasteiger partial charge in [-0.05, 0) is 42.1 Å². The van der Waals surface area contributed by atoms with Crippen molar-refractivity contribution in [2.24, 2.45) is 11.7 Å². The third kappa shape index (κ3) is 9.27. The van der Waals surface area contributed by atoms with Gasteiger partial charge in [0.25, 0.3) is 5.91 Å². The molecule has 0 bridgehead atoms. The maximum atomic E-state index is 13.9. The standard InChI is InChI=1S/C33H44N6O6.ClH/c1-3-21(2)29-33(45)39-19-25(40)18-27(39)31(43)36-26(17-23-7-5-4-6-8-23)30(42)35-15-16-38(20-28(41)37-29)32(44)24-11-9-22(10-12-24)13-14-34;/h4-12,21,25-27,29,40H,3,13-20,34H2,1-2H3,(H,35,42)(H,36,43)(H,37,41);1H/t21-,25+,26-,27-,29-;/m0./s1. The number of hydrogen-bond acceptors (Lipinski definition) is 7. The average Bonchev–Trinajstić information content (AvgIpc) is 3.44. The van der Waals surface area contributed by atoms with Crippen molar-refractivity contribution in [3.8, 4) is 0 Å². The quantitative estimate of drug-likeness (QED) is 0.287. The van der Waals surface area contributed by atoms with Crippen LogP contribution in [0.3, 0.4) is 0 Å². The summed E-state index contributed by atoms with van der Waals surface area (Å²) in [5, 5.41) is 18.9. The normalized spacial score (nSPS) is 23.6. The zero-order chi connectivity index (χ0) is 32.5. The predicted octanol–water partition coefficient (Wildman–Crippen LogP) is 0.402. The van der Waals surface area contributed by atoms with Crippen molar-refractivity contribution in [1.29, 1.82) is 0 Å². The van der Waals surface area contributed by atoms with Crippen LogP contribution in [0.2, 0.25) is 0 Å². The number of nitrogens with one attached hydrogen (secondary N) is 3. The van der Waals surface area contributed by atoms with Crippen LogP contribution in [0.25, 0.3) is 0 Å². The van der Waals surface area contributed by atoms with Gasteiger partial charge >= 0.3 is 0 Å². The number of fused-ring (bicyclic) bond motifs is 1. The molecule has 2 aliphatic rings. The molecule has 0 aliphatic carbocycles. The van der Waals surface area contributed by atoms with E-state index in [1.165, 1.54) is 9.80 Å². The van der Waals surface area contributed by atoms with E-state index >= 15 is 0 Å². The van der Waals surface area contributed by atoms with Crippen molar-refractivity contribution in [3.63, 3.8) is 0 Å². The van der Waals surface area contributed by atoms with Crippen LogP contribution in [0, 0.1) is 5.92 Å². The second-order valence-electron chi connectivity index (χ2n) is 11.8. The number of carbonyl (C=O) groups excluding carboxylic acids is 5. The van der Waals surface area contributed by atoms with Gasteiger partial charge in [0.15, 0.2) is 0 Å². The molecule has 0 aromatic heterocycles. The summed E-state index contributed by atoms with van der Waals surface area (Å²) in [7, 11) is 0. The Morgan fingerprint density at radius 3 is 2.35 bits per heavy atom. The molecular formula is C33H45ClN6O6. The molecule has 250 valence electrons. The number of hydrogen-bond donors (Lipinski definition) is 5. The summed E-state index contributed by atoms with van der Waals surface area (Å²) in [6, 6.07) is 13.2. The van der Waals surface area contributed by atoms with Crippen LogP contribution in [-0.4, -0.2) is 101 Å². The van der Waals surface area contributed by atoms with E-state index in [4.69, 9.17) is 5.73 Å². The molecule has 5 amide bonds.